The summed E-state index contributed by atoms with van der Waals surface area (Å²) in [7, 11) is 0. The van der Waals surface area contributed by atoms with E-state index in [1.165, 1.54) is 0 Å². The van der Waals surface area contributed by atoms with Gasteiger partial charge in [0.25, 0.3) is 0 Å². The second-order valence-corrected chi connectivity index (χ2v) is 6.55. The zero-order valence-corrected chi connectivity index (χ0v) is 15.2. The molecule has 1 aromatic heterocycles. The Morgan fingerprint density at radius 3 is 2.08 bits per heavy atom. The minimum atomic E-state index is -2.80. The molecule has 142 valence electrons. The van der Waals surface area contributed by atoms with Crippen molar-refractivity contribution < 1.29 is 18.0 Å². The summed E-state index contributed by atoms with van der Waals surface area (Å²) in [6.07, 6.45) is 0. The van der Waals surface area contributed by atoms with Gasteiger partial charge in [-0.05, 0) is 38.5 Å². The van der Waals surface area contributed by atoms with Crippen LogP contribution in [0.25, 0.3) is 0 Å². The van der Waals surface area contributed by atoms with Crippen molar-refractivity contribution in [3.8, 4) is 5.75 Å². The second kappa shape index (κ2) is 8.09. The number of benzene rings is 1. The SMILES string of the molecule is Cc1noc(C(C)N2CCN(C(C)c3ccc(OC(F)F)cc3)CC2)n1. The highest BCUT2D eigenvalue weighted by molar-refractivity contribution is 5.29. The number of hydrogen-bond acceptors (Lipinski definition) is 6. The summed E-state index contributed by atoms with van der Waals surface area (Å²) in [6, 6.07) is 7.18. The van der Waals surface area contributed by atoms with Gasteiger partial charge in [-0.1, -0.05) is 17.3 Å². The van der Waals surface area contributed by atoms with E-state index in [2.05, 4.69) is 38.5 Å². The number of rotatable bonds is 6. The molecule has 1 aliphatic rings. The topological polar surface area (TPSA) is 54.6 Å². The second-order valence-electron chi connectivity index (χ2n) is 6.55. The fourth-order valence-corrected chi connectivity index (χ4v) is 3.29. The maximum absolute atomic E-state index is 12.2. The van der Waals surface area contributed by atoms with Crippen LogP contribution in [0.5, 0.6) is 5.75 Å². The first kappa shape index (κ1) is 18.7. The lowest BCUT2D eigenvalue weighted by Gasteiger charge is -2.39. The smallest absolute Gasteiger partial charge is 0.387 e. The Balaban J connectivity index is 1.55. The molecule has 1 fully saturated rings. The van der Waals surface area contributed by atoms with E-state index in [0.29, 0.717) is 11.7 Å². The van der Waals surface area contributed by atoms with E-state index in [1.54, 1.807) is 12.1 Å². The number of aryl methyl sites for hydroxylation is 1. The predicted octanol–water partition coefficient (Wildman–Crippen LogP) is 3.42. The quantitative estimate of drug-likeness (QED) is 0.781. The maximum atomic E-state index is 12.2. The van der Waals surface area contributed by atoms with E-state index in [9.17, 15) is 8.78 Å². The number of piperazine rings is 1. The summed E-state index contributed by atoms with van der Waals surface area (Å²) in [4.78, 5) is 9.03. The Morgan fingerprint density at radius 1 is 1.00 bits per heavy atom. The molecule has 26 heavy (non-hydrogen) atoms. The van der Waals surface area contributed by atoms with Gasteiger partial charge in [0.2, 0.25) is 5.89 Å². The first-order chi connectivity index (χ1) is 12.4. The fourth-order valence-electron chi connectivity index (χ4n) is 3.29. The van der Waals surface area contributed by atoms with E-state index in [4.69, 9.17) is 4.52 Å². The van der Waals surface area contributed by atoms with Crippen molar-refractivity contribution in [1.29, 1.82) is 0 Å². The third-order valence-electron chi connectivity index (χ3n) is 4.93. The van der Waals surface area contributed by atoms with E-state index >= 15 is 0 Å². The minimum Gasteiger partial charge on any atom is -0.435 e. The average Bonchev–Trinajstić information content (AvgIpc) is 3.07. The fraction of sp³-hybridized carbons (Fsp3) is 0.556. The van der Waals surface area contributed by atoms with Gasteiger partial charge in [-0.15, -0.1) is 0 Å². The van der Waals surface area contributed by atoms with Crippen LogP contribution in [0.4, 0.5) is 8.78 Å². The molecule has 1 aliphatic heterocycles. The van der Waals surface area contributed by atoms with Crippen LogP contribution in [0.1, 0.15) is 43.2 Å². The summed E-state index contributed by atoms with van der Waals surface area (Å²) >= 11 is 0. The van der Waals surface area contributed by atoms with Crippen molar-refractivity contribution >= 4 is 0 Å². The Morgan fingerprint density at radius 2 is 1.58 bits per heavy atom. The van der Waals surface area contributed by atoms with Gasteiger partial charge in [-0.3, -0.25) is 9.80 Å². The molecule has 0 bridgehead atoms. The Hall–Kier alpha value is -2.06. The molecule has 2 heterocycles. The van der Waals surface area contributed by atoms with Crippen molar-refractivity contribution in [3.63, 3.8) is 0 Å². The van der Waals surface area contributed by atoms with Crippen molar-refractivity contribution in [1.82, 2.24) is 19.9 Å². The van der Waals surface area contributed by atoms with Crippen molar-refractivity contribution in [2.24, 2.45) is 0 Å². The van der Waals surface area contributed by atoms with E-state index in [1.807, 2.05) is 19.1 Å². The van der Waals surface area contributed by atoms with Crippen molar-refractivity contribution in [3.05, 3.63) is 41.5 Å². The van der Waals surface area contributed by atoms with E-state index in [0.717, 1.165) is 31.7 Å². The van der Waals surface area contributed by atoms with Gasteiger partial charge >= 0.3 is 6.61 Å². The number of ether oxygens (including phenoxy) is 1. The van der Waals surface area contributed by atoms with Gasteiger partial charge in [0, 0.05) is 32.2 Å². The predicted molar refractivity (Wildman–Crippen MR) is 92.1 cm³/mol. The third-order valence-corrected chi connectivity index (χ3v) is 4.93. The van der Waals surface area contributed by atoms with Crippen LogP contribution in [0, 0.1) is 6.92 Å². The van der Waals surface area contributed by atoms with Crippen LogP contribution in [0.15, 0.2) is 28.8 Å². The third kappa shape index (κ3) is 4.37. The summed E-state index contributed by atoms with van der Waals surface area (Å²) in [5.74, 6) is 1.49. The van der Waals surface area contributed by atoms with E-state index in [-0.39, 0.29) is 17.8 Å². The standard InChI is InChI=1S/C18H24F2N4O2/c1-12(15-4-6-16(7-5-15)25-18(19)20)23-8-10-24(11-9-23)13(2)17-21-14(3)22-26-17/h4-7,12-13,18H,8-11H2,1-3H3. The first-order valence-corrected chi connectivity index (χ1v) is 8.77. The number of halogens is 2. The molecule has 2 atom stereocenters. The number of nitrogens with zero attached hydrogens (tertiary/aromatic N) is 4. The highest BCUT2D eigenvalue weighted by atomic mass is 19.3. The van der Waals surface area contributed by atoms with Gasteiger partial charge in [-0.25, -0.2) is 0 Å². The molecular weight excluding hydrogens is 342 g/mol. The molecule has 6 nitrogen and oxygen atoms in total. The van der Waals surface area contributed by atoms with Crippen LogP contribution in [0.3, 0.4) is 0 Å². The molecule has 3 rings (SSSR count). The summed E-state index contributed by atoms with van der Waals surface area (Å²) in [5, 5.41) is 3.86. The largest absolute Gasteiger partial charge is 0.435 e. The normalized spacial score (nSPS) is 18.8. The molecule has 2 aromatic rings. The van der Waals surface area contributed by atoms with Gasteiger partial charge in [0.05, 0.1) is 6.04 Å². The molecule has 0 aliphatic carbocycles. The minimum absolute atomic E-state index is 0.0967. The molecule has 0 amide bonds. The zero-order valence-electron chi connectivity index (χ0n) is 15.2. The van der Waals surface area contributed by atoms with Crippen LogP contribution in [0.2, 0.25) is 0 Å². The van der Waals surface area contributed by atoms with Gasteiger partial charge in [0.15, 0.2) is 5.82 Å². The lowest BCUT2D eigenvalue weighted by atomic mass is 10.1. The lowest BCUT2D eigenvalue weighted by molar-refractivity contribution is -0.0498. The monoisotopic (exact) mass is 366 g/mol. The molecular formula is C18H24F2N4O2. The van der Waals surface area contributed by atoms with Crippen molar-refractivity contribution in [2.75, 3.05) is 26.2 Å². The van der Waals surface area contributed by atoms with Crippen LogP contribution in [-0.4, -0.2) is 52.7 Å². The molecule has 0 saturated carbocycles. The zero-order chi connectivity index (χ0) is 18.7. The number of aromatic nitrogens is 2. The molecule has 0 N–H and O–H groups in total. The van der Waals surface area contributed by atoms with Crippen LogP contribution in [-0.2, 0) is 0 Å². The van der Waals surface area contributed by atoms with E-state index < -0.39 is 6.61 Å². The first-order valence-electron chi connectivity index (χ1n) is 8.77. The van der Waals surface area contributed by atoms with Gasteiger partial charge in [-0.2, -0.15) is 13.8 Å². The number of alkyl halides is 2. The van der Waals surface area contributed by atoms with Gasteiger partial charge < -0.3 is 9.26 Å². The highest BCUT2D eigenvalue weighted by Crippen LogP contribution is 2.26. The van der Waals surface area contributed by atoms with Crippen LogP contribution >= 0.6 is 0 Å². The molecule has 0 radical (unpaired) electrons. The van der Waals surface area contributed by atoms with Crippen molar-refractivity contribution in [2.45, 2.75) is 39.5 Å². The molecule has 1 aromatic carbocycles. The highest BCUT2D eigenvalue weighted by Gasteiger charge is 2.27. The lowest BCUT2D eigenvalue weighted by Crippen LogP contribution is -2.47. The maximum Gasteiger partial charge on any atom is 0.387 e. The molecule has 2 unspecified atom stereocenters. The molecule has 8 heteroatoms. The Kier molecular flexibility index (Phi) is 5.83. The summed E-state index contributed by atoms with van der Waals surface area (Å²) in [6.45, 7) is 6.85. The van der Waals surface area contributed by atoms with Gasteiger partial charge in [0.1, 0.15) is 5.75 Å². The summed E-state index contributed by atoms with van der Waals surface area (Å²) in [5.41, 5.74) is 1.08. The average molecular weight is 366 g/mol. The van der Waals surface area contributed by atoms with Crippen LogP contribution < -0.4 is 4.74 Å². The molecule has 1 saturated heterocycles. The Bertz CT molecular complexity index is 699. The summed E-state index contributed by atoms with van der Waals surface area (Å²) < 4.78 is 34.2. The molecule has 0 spiro atoms. The Labute approximate surface area is 151 Å². The number of hydrogen-bond donors (Lipinski definition) is 0.